The van der Waals surface area contributed by atoms with Gasteiger partial charge in [-0.15, -0.1) is 0 Å². The van der Waals surface area contributed by atoms with Crippen LogP contribution >= 0.6 is 22.6 Å². The molecule has 0 saturated heterocycles. The molecule has 70 valence electrons. The standard InChI is InChI=1S/C11H19I/c1-8-5-11(7-12)10-4-2-3-9(8)6-10/h8-11H,2-7H2,1H3. The van der Waals surface area contributed by atoms with Gasteiger partial charge in [0.15, 0.2) is 0 Å². The summed E-state index contributed by atoms with van der Waals surface area (Å²) in [5.74, 6) is 4.30. The fourth-order valence-electron chi connectivity index (χ4n) is 3.26. The van der Waals surface area contributed by atoms with Crippen LogP contribution in [0.3, 0.4) is 0 Å². The third-order valence-electron chi connectivity index (χ3n) is 4.10. The number of fused-ring (bicyclic) bond motifs is 2. The Morgan fingerprint density at radius 3 is 2.67 bits per heavy atom. The third-order valence-corrected chi connectivity index (χ3v) is 5.23. The molecular weight excluding hydrogens is 259 g/mol. The average Bonchev–Trinajstić information content (AvgIpc) is 2.12. The van der Waals surface area contributed by atoms with E-state index in [1.807, 2.05) is 0 Å². The van der Waals surface area contributed by atoms with Gasteiger partial charge in [0.25, 0.3) is 0 Å². The summed E-state index contributed by atoms with van der Waals surface area (Å²) < 4.78 is 1.40. The molecule has 2 aliphatic rings. The first kappa shape index (κ1) is 9.29. The zero-order valence-corrected chi connectivity index (χ0v) is 10.1. The lowest BCUT2D eigenvalue weighted by molar-refractivity contribution is 0.0865. The molecule has 2 saturated carbocycles. The molecule has 0 spiro atoms. The minimum Gasteiger partial charge on any atom is -0.0861 e. The molecule has 0 nitrogen and oxygen atoms in total. The van der Waals surface area contributed by atoms with Crippen molar-refractivity contribution in [1.29, 1.82) is 0 Å². The molecule has 0 radical (unpaired) electrons. The second kappa shape index (κ2) is 3.85. The molecule has 2 rings (SSSR count). The molecule has 2 fully saturated rings. The molecule has 0 amide bonds. The molecule has 4 unspecified atom stereocenters. The second-order valence-corrected chi connectivity index (χ2v) is 5.69. The maximum Gasteiger partial charge on any atom is 0.00264 e. The predicted octanol–water partition coefficient (Wildman–Crippen LogP) is 3.88. The summed E-state index contributed by atoms with van der Waals surface area (Å²) in [6, 6.07) is 0. The van der Waals surface area contributed by atoms with Gasteiger partial charge >= 0.3 is 0 Å². The fraction of sp³-hybridized carbons (Fsp3) is 1.00. The average molecular weight is 278 g/mol. The molecule has 0 aromatic carbocycles. The van der Waals surface area contributed by atoms with Crippen LogP contribution in [0.2, 0.25) is 0 Å². The quantitative estimate of drug-likeness (QED) is 0.504. The minimum absolute atomic E-state index is 1.03. The van der Waals surface area contributed by atoms with Gasteiger partial charge < -0.3 is 0 Å². The Kier molecular flexibility index (Phi) is 2.98. The van der Waals surface area contributed by atoms with Crippen LogP contribution in [0.15, 0.2) is 0 Å². The van der Waals surface area contributed by atoms with Gasteiger partial charge in [-0.05, 0) is 36.5 Å². The monoisotopic (exact) mass is 278 g/mol. The Bertz CT molecular complexity index is 153. The summed E-state index contributed by atoms with van der Waals surface area (Å²) in [4.78, 5) is 0. The Morgan fingerprint density at radius 1 is 1.17 bits per heavy atom. The largest absolute Gasteiger partial charge is 0.0861 e. The highest BCUT2D eigenvalue weighted by Gasteiger charge is 2.36. The highest BCUT2D eigenvalue weighted by atomic mass is 127. The first-order chi connectivity index (χ1) is 5.81. The van der Waals surface area contributed by atoms with Crippen molar-refractivity contribution in [3.63, 3.8) is 0 Å². The summed E-state index contributed by atoms with van der Waals surface area (Å²) in [5.41, 5.74) is 0. The van der Waals surface area contributed by atoms with E-state index in [1.165, 1.54) is 30.1 Å². The third kappa shape index (κ3) is 1.66. The molecule has 0 aromatic heterocycles. The van der Waals surface area contributed by atoms with Crippen LogP contribution < -0.4 is 0 Å². The van der Waals surface area contributed by atoms with Crippen LogP contribution in [0.4, 0.5) is 0 Å². The van der Waals surface area contributed by atoms with Crippen LogP contribution in [0, 0.1) is 23.7 Å². The molecule has 0 N–H and O–H groups in total. The molecule has 0 aliphatic heterocycles. The predicted molar refractivity (Wildman–Crippen MR) is 61.6 cm³/mol. The van der Waals surface area contributed by atoms with Gasteiger partial charge in [-0.2, -0.15) is 0 Å². The van der Waals surface area contributed by atoms with E-state index in [4.69, 9.17) is 0 Å². The van der Waals surface area contributed by atoms with Crippen LogP contribution in [-0.4, -0.2) is 4.43 Å². The SMILES string of the molecule is CC1CC(CI)C2CCCC1C2. The molecule has 0 heterocycles. The number of hydrogen-bond donors (Lipinski definition) is 0. The molecule has 12 heavy (non-hydrogen) atoms. The van der Waals surface area contributed by atoms with E-state index in [1.54, 1.807) is 6.42 Å². The van der Waals surface area contributed by atoms with E-state index < -0.39 is 0 Å². The van der Waals surface area contributed by atoms with Gasteiger partial charge in [0.05, 0.1) is 0 Å². The second-order valence-electron chi connectivity index (χ2n) is 4.81. The van der Waals surface area contributed by atoms with Gasteiger partial charge in [-0.1, -0.05) is 48.8 Å². The van der Waals surface area contributed by atoms with E-state index in [2.05, 4.69) is 29.5 Å². The van der Waals surface area contributed by atoms with Crippen LogP contribution in [0.25, 0.3) is 0 Å². The lowest BCUT2D eigenvalue weighted by Crippen LogP contribution is -2.34. The summed E-state index contributed by atoms with van der Waals surface area (Å²) in [6.45, 7) is 2.48. The van der Waals surface area contributed by atoms with E-state index in [0.29, 0.717) is 0 Å². The molecular formula is C11H19I. The number of alkyl halides is 1. The molecule has 2 bridgehead atoms. The van der Waals surface area contributed by atoms with Crippen LogP contribution in [-0.2, 0) is 0 Å². The zero-order chi connectivity index (χ0) is 8.55. The van der Waals surface area contributed by atoms with Crippen molar-refractivity contribution >= 4 is 22.6 Å². The van der Waals surface area contributed by atoms with Crippen molar-refractivity contribution < 1.29 is 0 Å². The van der Waals surface area contributed by atoms with Crippen molar-refractivity contribution in [3.05, 3.63) is 0 Å². The van der Waals surface area contributed by atoms with Crippen molar-refractivity contribution in [1.82, 2.24) is 0 Å². The Labute approximate surface area is 89.6 Å². The minimum atomic E-state index is 1.03. The zero-order valence-electron chi connectivity index (χ0n) is 7.93. The number of hydrogen-bond acceptors (Lipinski definition) is 0. The number of halogens is 1. The fourth-order valence-corrected chi connectivity index (χ4v) is 4.34. The number of rotatable bonds is 1. The summed E-state index contributed by atoms with van der Waals surface area (Å²) in [6.07, 6.45) is 7.68. The summed E-state index contributed by atoms with van der Waals surface area (Å²) in [5, 5.41) is 0. The van der Waals surface area contributed by atoms with Gasteiger partial charge in [0.2, 0.25) is 0 Å². The normalized spacial score (nSPS) is 47.5. The van der Waals surface area contributed by atoms with Crippen molar-refractivity contribution in [2.75, 3.05) is 4.43 Å². The van der Waals surface area contributed by atoms with Crippen LogP contribution in [0.5, 0.6) is 0 Å². The Hall–Kier alpha value is 0.730. The van der Waals surface area contributed by atoms with Crippen molar-refractivity contribution in [2.24, 2.45) is 23.7 Å². The van der Waals surface area contributed by atoms with Gasteiger partial charge in [-0.3, -0.25) is 0 Å². The topological polar surface area (TPSA) is 0 Å². The highest BCUT2D eigenvalue weighted by Crippen LogP contribution is 2.46. The Balaban J connectivity index is 2.03. The van der Waals surface area contributed by atoms with Crippen molar-refractivity contribution in [2.45, 2.75) is 39.0 Å². The maximum atomic E-state index is 2.59. The smallest absolute Gasteiger partial charge is 0.00264 e. The van der Waals surface area contributed by atoms with E-state index >= 15 is 0 Å². The lowest BCUT2D eigenvalue weighted by Gasteiger charge is -2.43. The summed E-state index contributed by atoms with van der Waals surface area (Å²) in [7, 11) is 0. The maximum absolute atomic E-state index is 2.59. The van der Waals surface area contributed by atoms with Gasteiger partial charge in [-0.25, -0.2) is 0 Å². The highest BCUT2D eigenvalue weighted by molar-refractivity contribution is 14.1. The van der Waals surface area contributed by atoms with Gasteiger partial charge in [0, 0.05) is 4.43 Å². The summed E-state index contributed by atoms with van der Waals surface area (Å²) >= 11 is 2.59. The van der Waals surface area contributed by atoms with Crippen LogP contribution in [0.1, 0.15) is 39.0 Å². The lowest BCUT2D eigenvalue weighted by atomic mass is 9.63. The first-order valence-corrected chi connectivity index (χ1v) is 6.89. The molecule has 2 aliphatic carbocycles. The first-order valence-electron chi connectivity index (χ1n) is 5.37. The molecule has 4 atom stereocenters. The van der Waals surface area contributed by atoms with Gasteiger partial charge in [0.1, 0.15) is 0 Å². The molecule has 1 heteroatoms. The molecule has 0 aromatic rings. The van der Waals surface area contributed by atoms with Crippen molar-refractivity contribution in [3.8, 4) is 0 Å². The Morgan fingerprint density at radius 2 is 1.92 bits per heavy atom. The van der Waals surface area contributed by atoms with E-state index in [0.717, 1.165) is 23.7 Å². The van der Waals surface area contributed by atoms with E-state index in [-0.39, 0.29) is 0 Å². The van der Waals surface area contributed by atoms with E-state index in [9.17, 15) is 0 Å².